The molecule has 1 amide bonds. The molecule has 25 heavy (non-hydrogen) atoms. The van der Waals surface area contributed by atoms with Crippen LogP contribution in [-0.4, -0.2) is 33.4 Å². The number of nitrogens with zero attached hydrogens (tertiary/aromatic N) is 3. The molecule has 1 aliphatic heterocycles. The first-order valence-electron chi connectivity index (χ1n) is 9.14. The number of nitrogens with one attached hydrogen (secondary N) is 1. The van der Waals surface area contributed by atoms with E-state index in [2.05, 4.69) is 19.8 Å². The summed E-state index contributed by atoms with van der Waals surface area (Å²) in [6.07, 6.45) is 9.86. The predicted molar refractivity (Wildman–Crippen MR) is 93.4 cm³/mol. The van der Waals surface area contributed by atoms with Crippen molar-refractivity contribution in [3.63, 3.8) is 0 Å². The molecule has 0 radical (unpaired) electrons. The SMILES string of the molecule is Cn1cncc1CN1CC[C@]2(CCC[C@H]2C(=O)NCc2ccco2)C1. The molecule has 2 aromatic heterocycles. The lowest BCUT2D eigenvalue weighted by Gasteiger charge is -2.30. The topological polar surface area (TPSA) is 63.3 Å². The number of hydrogen-bond acceptors (Lipinski definition) is 4. The fraction of sp³-hybridized carbons (Fsp3) is 0.579. The van der Waals surface area contributed by atoms with Gasteiger partial charge < -0.3 is 14.3 Å². The quantitative estimate of drug-likeness (QED) is 0.906. The van der Waals surface area contributed by atoms with Crippen molar-refractivity contribution in [2.75, 3.05) is 13.1 Å². The molecule has 1 aliphatic carbocycles. The van der Waals surface area contributed by atoms with E-state index in [9.17, 15) is 4.79 Å². The average molecular weight is 342 g/mol. The number of likely N-dealkylation sites (tertiary alicyclic amines) is 1. The Labute approximate surface area is 148 Å². The van der Waals surface area contributed by atoms with Crippen LogP contribution in [0.2, 0.25) is 0 Å². The van der Waals surface area contributed by atoms with Gasteiger partial charge in [0.1, 0.15) is 5.76 Å². The monoisotopic (exact) mass is 342 g/mol. The lowest BCUT2D eigenvalue weighted by Crippen LogP contribution is -2.40. The van der Waals surface area contributed by atoms with Gasteiger partial charge in [-0.2, -0.15) is 0 Å². The second-order valence-corrected chi connectivity index (χ2v) is 7.56. The van der Waals surface area contributed by atoms with Gasteiger partial charge in [0.15, 0.2) is 0 Å². The lowest BCUT2D eigenvalue weighted by atomic mass is 9.76. The van der Waals surface area contributed by atoms with Crippen molar-refractivity contribution in [2.45, 2.75) is 38.8 Å². The van der Waals surface area contributed by atoms with Gasteiger partial charge in [0.05, 0.1) is 24.8 Å². The summed E-state index contributed by atoms with van der Waals surface area (Å²) in [5.74, 6) is 1.12. The average Bonchev–Trinajstić information content (AvgIpc) is 3.38. The Hall–Kier alpha value is -2.08. The normalized spacial score (nSPS) is 26.5. The van der Waals surface area contributed by atoms with Crippen molar-refractivity contribution in [3.8, 4) is 0 Å². The molecule has 134 valence electrons. The summed E-state index contributed by atoms with van der Waals surface area (Å²) in [5.41, 5.74) is 1.38. The summed E-state index contributed by atoms with van der Waals surface area (Å²) in [6, 6.07) is 3.75. The smallest absolute Gasteiger partial charge is 0.224 e. The molecular formula is C19H26N4O2. The Kier molecular flexibility index (Phi) is 4.37. The van der Waals surface area contributed by atoms with Crippen molar-refractivity contribution in [3.05, 3.63) is 42.4 Å². The van der Waals surface area contributed by atoms with E-state index in [0.717, 1.165) is 51.1 Å². The summed E-state index contributed by atoms with van der Waals surface area (Å²) in [5, 5.41) is 3.08. The second kappa shape index (κ2) is 6.67. The molecule has 6 heteroatoms. The highest BCUT2D eigenvalue weighted by molar-refractivity contribution is 5.80. The van der Waals surface area contributed by atoms with Crippen LogP contribution in [0.4, 0.5) is 0 Å². The van der Waals surface area contributed by atoms with Crippen molar-refractivity contribution in [2.24, 2.45) is 18.4 Å². The fourth-order valence-electron chi connectivity index (χ4n) is 4.63. The Morgan fingerprint density at radius 2 is 2.40 bits per heavy atom. The zero-order chi connectivity index (χ0) is 17.3. The predicted octanol–water partition coefficient (Wildman–Crippen LogP) is 2.32. The van der Waals surface area contributed by atoms with Gasteiger partial charge >= 0.3 is 0 Å². The van der Waals surface area contributed by atoms with Crippen LogP contribution in [0, 0.1) is 11.3 Å². The third-order valence-corrected chi connectivity index (χ3v) is 6.01. The molecule has 1 spiro atoms. The van der Waals surface area contributed by atoms with Gasteiger partial charge in [-0.25, -0.2) is 4.98 Å². The van der Waals surface area contributed by atoms with E-state index in [1.54, 1.807) is 6.26 Å². The van der Waals surface area contributed by atoms with Crippen LogP contribution in [0.15, 0.2) is 35.3 Å². The Balaban J connectivity index is 1.38. The van der Waals surface area contributed by atoms with E-state index in [0.29, 0.717) is 6.54 Å². The highest BCUT2D eigenvalue weighted by Crippen LogP contribution is 2.50. The van der Waals surface area contributed by atoms with E-state index in [-0.39, 0.29) is 17.2 Å². The maximum absolute atomic E-state index is 12.8. The molecule has 2 aromatic rings. The van der Waals surface area contributed by atoms with E-state index >= 15 is 0 Å². The number of furan rings is 1. The number of imidazole rings is 1. The molecule has 2 aliphatic rings. The molecule has 0 unspecified atom stereocenters. The first kappa shape index (κ1) is 16.4. The number of aryl methyl sites for hydroxylation is 1. The number of amides is 1. The molecular weight excluding hydrogens is 316 g/mol. The Morgan fingerprint density at radius 1 is 1.48 bits per heavy atom. The van der Waals surface area contributed by atoms with Crippen LogP contribution in [-0.2, 0) is 24.9 Å². The van der Waals surface area contributed by atoms with Crippen molar-refractivity contribution in [1.82, 2.24) is 19.8 Å². The molecule has 2 fully saturated rings. The number of aromatic nitrogens is 2. The number of carbonyl (C=O) groups excluding carboxylic acids is 1. The third-order valence-electron chi connectivity index (χ3n) is 6.01. The van der Waals surface area contributed by atoms with Gasteiger partial charge in [-0.05, 0) is 43.4 Å². The van der Waals surface area contributed by atoms with Gasteiger partial charge in [0, 0.05) is 32.3 Å². The molecule has 3 heterocycles. The van der Waals surface area contributed by atoms with E-state index < -0.39 is 0 Å². The van der Waals surface area contributed by atoms with Gasteiger partial charge in [-0.3, -0.25) is 9.69 Å². The van der Waals surface area contributed by atoms with Crippen LogP contribution in [0.5, 0.6) is 0 Å². The number of carbonyl (C=O) groups is 1. The largest absolute Gasteiger partial charge is 0.467 e. The minimum Gasteiger partial charge on any atom is -0.467 e. The maximum Gasteiger partial charge on any atom is 0.224 e. The third kappa shape index (κ3) is 3.23. The van der Waals surface area contributed by atoms with Crippen molar-refractivity contribution < 1.29 is 9.21 Å². The summed E-state index contributed by atoms with van der Waals surface area (Å²) in [7, 11) is 2.04. The Bertz CT molecular complexity index is 724. The van der Waals surface area contributed by atoms with Crippen LogP contribution in [0.1, 0.15) is 37.1 Å². The molecule has 2 atom stereocenters. The Morgan fingerprint density at radius 3 is 3.16 bits per heavy atom. The molecule has 1 N–H and O–H groups in total. The van der Waals surface area contributed by atoms with Gasteiger partial charge in [-0.1, -0.05) is 6.42 Å². The van der Waals surface area contributed by atoms with Crippen LogP contribution in [0.25, 0.3) is 0 Å². The molecule has 6 nitrogen and oxygen atoms in total. The first-order chi connectivity index (χ1) is 12.2. The standard InChI is InChI=1S/C19H26N4O2/c1-22-14-20-10-15(22)12-23-8-7-19(13-23)6-2-5-17(19)18(24)21-11-16-4-3-9-25-16/h3-4,9-10,14,17H,2,5-8,11-13H2,1H3,(H,21,24)/t17-,19+/m0/s1. The van der Waals surface area contributed by atoms with Crippen LogP contribution in [0.3, 0.4) is 0 Å². The highest BCUT2D eigenvalue weighted by atomic mass is 16.3. The summed E-state index contributed by atoms with van der Waals surface area (Å²) in [4.78, 5) is 19.5. The van der Waals surface area contributed by atoms with Crippen LogP contribution >= 0.6 is 0 Å². The molecule has 1 saturated carbocycles. The number of hydrogen-bond donors (Lipinski definition) is 1. The second-order valence-electron chi connectivity index (χ2n) is 7.56. The summed E-state index contributed by atoms with van der Waals surface area (Å²) >= 11 is 0. The van der Waals surface area contributed by atoms with E-state index in [1.165, 1.54) is 5.69 Å². The van der Waals surface area contributed by atoms with Gasteiger partial charge in [0.2, 0.25) is 5.91 Å². The van der Waals surface area contributed by atoms with Crippen molar-refractivity contribution in [1.29, 1.82) is 0 Å². The maximum atomic E-state index is 12.8. The molecule has 0 bridgehead atoms. The van der Waals surface area contributed by atoms with Gasteiger partial charge in [0.25, 0.3) is 0 Å². The molecule has 1 saturated heterocycles. The van der Waals surface area contributed by atoms with Gasteiger partial charge in [-0.15, -0.1) is 0 Å². The zero-order valence-corrected chi connectivity index (χ0v) is 14.8. The first-order valence-corrected chi connectivity index (χ1v) is 9.14. The minimum absolute atomic E-state index is 0.124. The lowest BCUT2D eigenvalue weighted by molar-refractivity contribution is -0.128. The summed E-state index contributed by atoms with van der Waals surface area (Å²) in [6.45, 7) is 3.47. The minimum atomic E-state index is 0.124. The molecule has 4 rings (SSSR count). The fourth-order valence-corrected chi connectivity index (χ4v) is 4.63. The van der Waals surface area contributed by atoms with Crippen LogP contribution < -0.4 is 5.32 Å². The van der Waals surface area contributed by atoms with Crippen molar-refractivity contribution >= 4 is 5.91 Å². The zero-order valence-electron chi connectivity index (χ0n) is 14.8. The summed E-state index contributed by atoms with van der Waals surface area (Å²) < 4.78 is 7.40. The number of rotatable bonds is 5. The van der Waals surface area contributed by atoms with E-state index in [1.807, 2.05) is 31.7 Å². The van der Waals surface area contributed by atoms with E-state index in [4.69, 9.17) is 4.42 Å². The molecule has 0 aromatic carbocycles. The highest BCUT2D eigenvalue weighted by Gasteiger charge is 2.50.